The first-order valence-corrected chi connectivity index (χ1v) is 6.45. The van der Waals surface area contributed by atoms with Gasteiger partial charge in [0.05, 0.1) is 0 Å². The molecule has 2 N–H and O–H groups in total. The lowest BCUT2D eigenvalue weighted by Gasteiger charge is -2.31. The van der Waals surface area contributed by atoms with Gasteiger partial charge in [-0.3, -0.25) is 9.59 Å². The molecule has 2 heterocycles. The highest BCUT2D eigenvalue weighted by Gasteiger charge is 2.29. The Hall–Kier alpha value is -1.10. The molecule has 0 radical (unpaired) electrons. The highest BCUT2D eigenvalue weighted by atomic mass is 16.2. The average Bonchev–Trinajstić information content (AvgIpc) is 2.53. The van der Waals surface area contributed by atoms with Crippen LogP contribution in [-0.4, -0.2) is 48.9 Å². The first kappa shape index (κ1) is 12.4. The topological polar surface area (TPSA) is 61.4 Å². The van der Waals surface area contributed by atoms with Gasteiger partial charge >= 0.3 is 0 Å². The largest absolute Gasteiger partial charge is 0.354 e. The molecule has 2 aliphatic heterocycles. The molecular formula is C12H21N3O2. The number of piperidine rings is 1. The van der Waals surface area contributed by atoms with Crippen LogP contribution in [0.15, 0.2) is 0 Å². The number of carbonyl (C=O) groups excluding carboxylic acids is 2. The Morgan fingerprint density at radius 1 is 1.35 bits per heavy atom. The van der Waals surface area contributed by atoms with E-state index in [1.165, 1.54) is 0 Å². The first-order valence-electron chi connectivity index (χ1n) is 6.45. The molecule has 2 fully saturated rings. The minimum absolute atomic E-state index is 0.0546. The molecule has 0 saturated carbocycles. The van der Waals surface area contributed by atoms with Crippen LogP contribution in [0.4, 0.5) is 0 Å². The van der Waals surface area contributed by atoms with Crippen molar-refractivity contribution in [2.45, 2.75) is 32.2 Å². The Labute approximate surface area is 102 Å². The molecule has 5 heteroatoms. The first-order chi connectivity index (χ1) is 8.16. The Kier molecular flexibility index (Phi) is 3.99. The third-order valence-corrected chi connectivity index (χ3v) is 3.60. The van der Waals surface area contributed by atoms with Crippen LogP contribution in [0, 0.1) is 5.92 Å². The van der Waals surface area contributed by atoms with Gasteiger partial charge in [0.25, 0.3) is 0 Å². The van der Waals surface area contributed by atoms with Gasteiger partial charge in [0.15, 0.2) is 0 Å². The van der Waals surface area contributed by atoms with Crippen LogP contribution in [0.1, 0.15) is 26.2 Å². The second-order valence-corrected chi connectivity index (χ2v) is 5.00. The van der Waals surface area contributed by atoms with Gasteiger partial charge < -0.3 is 15.5 Å². The molecule has 2 amide bonds. The fraction of sp³-hybridized carbons (Fsp3) is 0.833. The zero-order chi connectivity index (χ0) is 12.3. The Morgan fingerprint density at radius 2 is 2.18 bits per heavy atom. The maximum absolute atomic E-state index is 12.3. The Bertz CT molecular complexity index is 306. The molecule has 2 rings (SSSR count). The van der Waals surface area contributed by atoms with Gasteiger partial charge in [-0.2, -0.15) is 0 Å². The zero-order valence-corrected chi connectivity index (χ0v) is 10.4. The SMILES string of the molecule is CC1CC(C(=O)N2CCNC(=O)CC2)CCN1. The summed E-state index contributed by atoms with van der Waals surface area (Å²) in [4.78, 5) is 25.4. The summed E-state index contributed by atoms with van der Waals surface area (Å²) in [5, 5.41) is 6.15. The maximum atomic E-state index is 12.3. The summed E-state index contributed by atoms with van der Waals surface area (Å²) in [6.45, 7) is 4.85. The van der Waals surface area contributed by atoms with Crippen molar-refractivity contribution in [3.63, 3.8) is 0 Å². The zero-order valence-electron chi connectivity index (χ0n) is 10.4. The van der Waals surface area contributed by atoms with Crippen molar-refractivity contribution in [3.05, 3.63) is 0 Å². The van der Waals surface area contributed by atoms with Crippen molar-refractivity contribution in [1.29, 1.82) is 0 Å². The van der Waals surface area contributed by atoms with E-state index in [0.29, 0.717) is 32.1 Å². The Morgan fingerprint density at radius 3 is 2.94 bits per heavy atom. The minimum Gasteiger partial charge on any atom is -0.354 e. The normalized spacial score (nSPS) is 30.6. The fourth-order valence-electron chi connectivity index (χ4n) is 2.60. The van der Waals surface area contributed by atoms with E-state index >= 15 is 0 Å². The van der Waals surface area contributed by atoms with E-state index in [-0.39, 0.29) is 17.7 Å². The quantitative estimate of drug-likeness (QED) is 0.662. The smallest absolute Gasteiger partial charge is 0.225 e. The van der Waals surface area contributed by atoms with Gasteiger partial charge in [0.2, 0.25) is 11.8 Å². The maximum Gasteiger partial charge on any atom is 0.225 e. The molecule has 0 aromatic rings. The van der Waals surface area contributed by atoms with Crippen LogP contribution in [0.3, 0.4) is 0 Å². The van der Waals surface area contributed by atoms with Crippen molar-refractivity contribution in [1.82, 2.24) is 15.5 Å². The van der Waals surface area contributed by atoms with E-state index < -0.39 is 0 Å². The fourth-order valence-corrected chi connectivity index (χ4v) is 2.60. The predicted octanol–water partition coefficient (Wildman–Crippen LogP) is -0.277. The molecule has 96 valence electrons. The second kappa shape index (κ2) is 5.49. The van der Waals surface area contributed by atoms with Crippen molar-refractivity contribution in [3.8, 4) is 0 Å². The van der Waals surface area contributed by atoms with Crippen LogP contribution >= 0.6 is 0 Å². The molecule has 0 aromatic carbocycles. The van der Waals surface area contributed by atoms with E-state index in [9.17, 15) is 9.59 Å². The molecule has 0 aromatic heterocycles. The van der Waals surface area contributed by atoms with Crippen molar-refractivity contribution in [2.24, 2.45) is 5.92 Å². The van der Waals surface area contributed by atoms with Crippen LogP contribution < -0.4 is 10.6 Å². The highest BCUT2D eigenvalue weighted by Crippen LogP contribution is 2.19. The molecule has 2 aliphatic rings. The number of rotatable bonds is 1. The molecule has 0 bridgehead atoms. The van der Waals surface area contributed by atoms with Gasteiger partial charge in [0.1, 0.15) is 0 Å². The summed E-state index contributed by atoms with van der Waals surface area (Å²) >= 11 is 0. The highest BCUT2D eigenvalue weighted by molar-refractivity contribution is 5.81. The number of carbonyl (C=O) groups is 2. The third-order valence-electron chi connectivity index (χ3n) is 3.60. The number of hydrogen-bond donors (Lipinski definition) is 2. The van der Waals surface area contributed by atoms with Crippen LogP contribution in [0.25, 0.3) is 0 Å². The average molecular weight is 239 g/mol. The summed E-state index contributed by atoms with van der Waals surface area (Å²) < 4.78 is 0. The van der Waals surface area contributed by atoms with Gasteiger partial charge in [-0.05, 0) is 26.3 Å². The summed E-state index contributed by atoms with van der Waals surface area (Å²) in [5.74, 6) is 0.424. The van der Waals surface area contributed by atoms with E-state index in [4.69, 9.17) is 0 Å². The summed E-state index contributed by atoms with van der Waals surface area (Å²) in [7, 11) is 0. The molecular weight excluding hydrogens is 218 g/mol. The number of nitrogens with zero attached hydrogens (tertiary/aromatic N) is 1. The predicted molar refractivity (Wildman–Crippen MR) is 64.4 cm³/mol. The van der Waals surface area contributed by atoms with Gasteiger partial charge in [0, 0.05) is 38.0 Å². The summed E-state index contributed by atoms with van der Waals surface area (Å²) in [6, 6.07) is 0.421. The molecule has 17 heavy (non-hydrogen) atoms. The molecule has 2 unspecified atom stereocenters. The lowest BCUT2D eigenvalue weighted by Crippen LogP contribution is -2.45. The van der Waals surface area contributed by atoms with Crippen molar-refractivity contribution in [2.75, 3.05) is 26.2 Å². The number of hydrogen-bond acceptors (Lipinski definition) is 3. The van der Waals surface area contributed by atoms with Crippen molar-refractivity contribution >= 4 is 11.8 Å². The minimum atomic E-state index is 0.0546. The van der Waals surface area contributed by atoms with Gasteiger partial charge in [-0.15, -0.1) is 0 Å². The van der Waals surface area contributed by atoms with Gasteiger partial charge in [-0.1, -0.05) is 0 Å². The number of nitrogens with one attached hydrogen (secondary N) is 2. The number of amides is 2. The lowest BCUT2D eigenvalue weighted by atomic mass is 9.92. The summed E-state index contributed by atoms with van der Waals surface area (Å²) in [5.41, 5.74) is 0. The van der Waals surface area contributed by atoms with Gasteiger partial charge in [-0.25, -0.2) is 0 Å². The lowest BCUT2D eigenvalue weighted by molar-refractivity contribution is -0.136. The second-order valence-electron chi connectivity index (χ2n) is 5.00. The molecule has 5 nitrogen and oxygen atoms in total. The molecule has 2 saturated heterocycles. The summed E-state index contributed by atoms with van der Waals surface area (Å²) in [6.07, 6.45) is 2.27. The Balaban J connectivity index is 1.91. The van der Waals surface area contributed by atoms with E-state index in [2.05, 4.69) is 17.6 Å². The standard InChI is InChI=1S/C12H21N3O2/c1-9-8-10(2-4-13-9)12(17)15-6-3-11(16)14-5-7-15/h9-10,13H,2-8H2,1H3,(H,14,16). The van der Waals surface area contributed by atoms with E-state index in [1.54, 1.807) is 0 Å². The van der Waals surface area contributed by atoms with Crippen molar-refractivity contribution < 1.29 is 9.59 Å². The molecule has 0 aliphatic carbocycles. The van der Waals surface area contributed by atoms with E-state index in [1.807, 2.05) is 4.90 Å². The monoisotopic (exact) mass is 239 g/mol. The molecule has 0 spiro atoms. The molecule has 2 atom stereocenters. The van der Waals surface area contributed by atoms with Crippen LogP contribution in [0.2, 0.25) is 0 Å². The van der Waals surface area contributed by atoms with Crippen LogP contribution in [-0.2, 0) is 9.59 Å². The third kappa shape index (κ3) is 3.19. The van der Waals surface area contributed by atoms with Crippen LogP contribution in [0.5, 0.6) is 0 Å². The van der Waals surface area contributed by atoms with E-state index in [0.717, 1.165) is 19.4 Å².